The van der Waals surface area contributed by atoms with Crippen LogP contribution < -0.4 is 9.64 Å². The van der Waals surface area contributed by atoms with Gasteiger partial charge in [0.05, 0.1) is 18.5 Å². The first-order valence-electron chi connectivity index (χ1n) is 11.0. The van der Waals surface area contributed by atoms with Gasteiger partial charge in [0, 0.05) is 48.2 Å². The fraction of sp³-hybridized carbons (Fsp3) is 0.565. The first kappa shape index (κ1) is 19.3. The molecular weight excluding hydrogens is 376 g/mol. The normalized spacial score (nSPS) is 19.6. The maximum absolute atomic E-state index is 6.05. The van der Waals surface area contributed by atoms with E-state index in [4.69, 9.17) is 9.72 Å². The minimum absolute atomic E-state index is 0.000741. The van der Waals surface area contributed by atoms with Crippen LogP contribution in [0.1, 0.15) is 63.2 Å². The van der Waals surface area contributed by atoms with Gasteiger partial charge in [0.2, 0.25) is 5.88 Å². The standard InChI is InChI=1S/C23H30N6O/c1-15-11-20(26-22(24-15)17-5-6-17)28-10-9-16(12-28)14-30-21-8-7-19-25-18(23(2,3)4)13-29(19)27-21/h7-8,11,13,16-17H,5-6,9-10,12,14H2,1-4H3. The Balaban J connectivity index is 1.22. The molecule has 158 valence electrons. The first-order chi connectivity index (χ1) is 14.3. The number of aryl methyl sites for hydroxylation is 1. The van der Waals surface area contributed by atoms with Gasteiger partial charge in [-0.15, -0.1) is 5.10 Å². The summed E-state index contributed by atoms with van der Waals surface area (Å²) in [6, 6.07) is 6.00. The van der Waals surface area contributed by atoms with Crippen LogP contribution in [0.25, 0.3) is 5.65 Å². The summed E-state index contributed by atoms with van der Waals surface area (Å²) in [5.41, 5.74) is 2.95. The van der Waals surface area contributed by atoms with E-state index in [1.807, 2.05) is 22.8 Å². The fourth-order valence-corrected chi connectivity index (χ4v) is 3.94. The number of hydrogen-bond acceptors (Lipinski definition) is 6. The second-order valence-electron chi connectivity index (χ2n) is 9.76. The fourth-order valence-electron chi connectivity index (χ4n) is 3.94. The molecule has 2 fully saturated rings. The summed E-state index contributed by atoms with van der Waals surface area (Å²) >= 11 is 0. The molecule has 1 unspecified atom stereocenters. The van der Waals surface area contributed by atoms with Gasteiger partial charge in [0.1, 0.15) is 11.6 Å². The van der Waals surface area contributed by atoms with Crippen molar-refractivity contribution < 1.29 is 4.74 Å². The summed E-state index contributed by atoms with van der Waals surface area (Å²) in [6.45, 7) is 11.2. The zero-order valence-electron chi connectivity index (χ0n) is 18.3. The lowest BCUT2D eigenvalue weighted by atomic mass is 9.93. The van der Waals surface area contributed by atoms with Gasteiger partial charge >= 0.3 is 0 Å². The molecule has 0 spiro atoms. The second kappa shape index (κ2) is 7.22. The highest BCUT2D eigenvalue weighted by Gasteiger charge is 2.29. The molecule has 0 amide bonds. The Morgan fingerprint density at radius 3 is 2.70 bits per heavy atom. The van der Waals surface area contributed by atoms with Gasteiger partial charge in [-0.1, -0.05) is 20.8 Å². The van der Waals surface area contributed by atoms with Crippen LogP contribution in [-0.2, 0) is 5.41 Å². The van der Waals surface area contributed by atoms with E-state index >= 15 is 0 Å². The van der Waals surface area contributed by atoms with Crippen LogP contribution in [0, 0.1) is 12.8 Å². The van der Waals surface area contributed by atoms with Crippen LogP contribution in [0.5, 0.6) is 5.88 Å². The lowest BCUT2D eigenvalue weighted by Crippen LogP contribution is -2.23. The van der Waals surface area contributed by atoms with Gasteiger partial charge in [-0.25, -0.2) is 19.5 Å². The predicted octanol–water partition coefficient (Wildman–Crippen LogP) is 3.91. The van der Waals surface area contributed by atoms with Crippen molar-refractivity contribution in [2.75, 3.05) is 24.6 Å². The minimum atomic E-state index is 0.000741. The smallest absolute Gasteiger partial charge is 0.231 e. The molecule has 0 bridgehead atoms. The molecule has 7 heteroatoms. The highest BCUT2D eigenvalue weighted by atomic mass is 16.5. The lowest BCUT2D eigenvalue weighted by molar-refractivity contribution is 0.249. The lowest BCUT2D eigenvalue weighted by Gasteiger charge is -2.19. The molecule has 4 heterocycles. The van der Waals surface area contributed by atoms with Gasteiger partial charge in [-0.05, 0) is 32.3 Å². The maximum Gasteiger partial charge on any atom is 0.231 e. The van der Waals surface area contributed by atoms with E-state index in [2.05, 4.69) is 53.7 Å². The number of ether oxygens (including phenoxy) is 1. The Hall–Kier alpha value is -2.70. The van der Waals surface area contributed by atoms with Gasteiger partial charge in [-0.2, -0.15) is 0 Å². The largest absolute Gasteiger partial charge is 0.476 e. The Kier molecular flexibility index (Phi) is 4.64. The summed E-state index contributed by atoms with van der Waals surface area (Å²) in [5, 5.41) is 4.59. The van der Waals surface area contributed by atoms with Crippen molar-refractivity contribution in [1.82, 2.24) is 24.6 Å². The summed E-state index contributed by atoms with van der Waals surface area (Å²) in [7, 11) is 0. The third kappa shape index (κ3) is 3.98. The van der Waals surface area contributed by atoms with Crippen molar-refractivity contribution in [3.05, 3.63) is 41.6 Å². The van der Waals surface area contributed by atoms with Crippen molar-refractivity contribution >= 4 is 11.5 Å². The van der Waals surface area contributed by atoms with E-state index in [1.165, 1.54) is 12.8 Å². The van der Waals surface area contributed by atoms with E-state index in [0.717, 1.165) is 48.2 Å². The molecule has 1 saturated carbocycles. The maximum atomic E-state index is 6.05. The molecule has 1 atom stereocenters. The number of nitrogens with zero attached hydrogens (tertiary/aromatic N) is 6. The molecule has 0 radical (unpaired) electrons. The van der Waals surface area contributed by atoms with E-state index in [-0.39, 0.29) is 5.41 Å². The topological polar surface area (TPSA) is 68.4 Å². The molecule has 5 rings (SSSR count). The number of imidazole rings is 1. The van der Waals surface area contributed by atoms with Gasteiger partial charge in [0.15, 0.2) is 5.65 Å². The summed E-state index contributed by atoms with van der Waals surface area (Å²) in [4.78, 5) is 16.5. The zero-order valence-corrected chi connectivity index (χ0v) is 18.3. The molecule has 0 aromatic carbocycles. The van der Waals surface area contributed by atoms with Crippen LogP contribution in [-0.4, -0.2) is 44.3 Å². The first-order valence-corrected chi connectivity index (χ1v) is 11.0. The van der Waals surface area contributed by atoms with E-state index in [9.17, 15) is 0 Å². The highest BCUT2D eigenvalue weighted by Crippen LogP contribution is 2.39. The minimum Gasteiger partial charge on any atom is -0.476 e. The van der Waals surface area contributed by atoms with E-state index in [1.54, 1.807) is 0 Å². The van der Waals surface area contributed by atoms with Crippen molar-refractivity contribution in [3.63, 3.8) is 0 Å². The predicted molar refractivity (Wildman–Crippen MR) is 116 cm³/mol. The number of fused-ring (bicyclic) bond motifs is 1. The van der Waals surface area contributed by atoms with Gasteiger partial charge in [-0.3, -0.25) is 0 Å². The summed E-state index contributed by atoms with van der Waals surface area (Å²) < 4.78 is 7.87. The quantitative estimate of drug-likeness (QED) is 0.640. The Morgan fingerprint density at radius 1 is 1.10 bits per heavy atom. The van der Waals surface area contributed by atoms with Crippen molar-refractivity contribution in [1.29, 1.82) is 0 Å². The monoisotopic (exact) mass is 406 g/mol. The molecule has 30 heavy (non-hydrogen) atoms. The summed E-state index contributed by atoms with van der Waals surface area (Å²) in [6.07, 6.45) is 5.55. The van der Waals surface area contributed by atoms with Crippen molar-refractivity contribution in [2.24, 2.45) is 5.92 Å². The third-order valence-electron chi connectivity index (χ3n) is 5.94. The van der Waals surface area contributed by atoms with E-state index in [0.29, 0.717) is 24.3 Å². The van der Waals surface area contributed by atoms with Gasteiger partial charge < -0.3 is 9.64 Å². The van der Waals surface area contributed by atoms with Crippen LogP contribution in [0.4, 0.5) is 5.82 Å². The zero-order chi connectivity index (χ0) is 20.9. The Morgan fingerprint density at radius 2 is 1.93 bits per heavy atom. The molecule has 3 aromatic heterocycles. The summed E-state index contributed by atoms with van der Waals surface area (Å²) in [5.74, 6) is 3.79. The highest BCUT2D eigenvalue weighted by molar-refractivity contribution is 5.42. The number of hydrogen-bond donors (Lipinski definition) is 0. The average molecular weight is 407 g/mol. The SMILES string of the molecule is Cc1cc(N2CCC(COc3ccc4nc(C(C)(C)C)cn4n3)C2)nc(C2CC2)n1. The van der Waals surface area contributed by atoms with Crippen LogP contribution in [0.15, 0.2) is 24.4 Å². The molecular formula is C23H30N6O. The van der Waals surface area contributed by atoms with E-state index < -0.39 is 0 Å². The van der Waals surface area contributed by atoms with Crippen LogP contribution in [0.2, 0.25) is 0 Å². The molecule has 7 nitrogen and oxygen atoms in total. The molecule has 1 aliphatic heterocycles. The number of aromatic nitrogens is 5. The van der Waals surface area contributed by atoms with Crippen molar-refractivity contribution in [2.45, 2.75) is 58.3 Å². The number of rotatable bonds is 5. The third-order valence-corrected chi connectivity index (χ3v) is 5.94. The number of anilines is 1. The second-order valence-corrected chi connectivity index (χ2v) is 9.76. The molecule has 1 aliphatic carbocycles. The Bertz CT molecular complexity index is 1070. The van der Waals surface area contributed by atoms with Crippen molar-refractivity contribution in [3.8, 4) is 5.88 Å². The molecule has 1 saturated heterocycles. The average Bonchev–Trinajstić information content (AvgIpc) is 3.28. The van der Waals surface area contributed by atoms with Crippen LogP contribution >= 0.6 is 0 Å². The van der Waals surface area contributed by atoms with Crippen LogP contribution in [0.3, 0.4) is 0 Å². The Labute approximate surface area is 177 Å². The molecule has 0 N–H and O–H groups in total. The molecule has 2 aliphatic rings. The molecule has 3 aromatic rings. The van der Waals surface area contributed by atoms with Gasteiger partial charge in [0.25, 0.3) is 0 Å².